The Morgan fingerprint density at radius 1 is 1.25 bits per heavy atom. The molecule has 1 aliphatic rings. The Morgan fingerprint density at radius 3 is 2.44 bits per heavy atom. The van der Waals surface area contributed by atoms with E-state index in [1.807, 2.05) is 12.1 Å². The molecule has 0 saturated heterocycles. The fraction of sp³-hybridized carbons (Fsp3) is 0.571. The maximum absolute atomic E-state index is 5.97. The van der Waals surface area contributed by atoms with Crippen LogP contribution in [0.25, 0.3) is 0 Å². The molecule has 0 aromatic heterocycles. The molecule has 1 atom stereocenters. The zero-order chi connectivity index (χ0) is 11.4. The fourth-order valence-corrected chi connectivity index (χ4v) is 2.23. The lowest BCUT2D eigenvalue weighted by Crippen LogP contribution is -2.11. The molecule has 1 aromatic rings. The van der Waals surface area contributed by atoms with Crippen molar-refractivity contribution < 1.29 is 4.74 Å². The summed E-state index contributed by atoms with van der Waals surface area (Å²) < 4.78 is 5.90. The highest BCUT2D eigenvalue weighted by atomic mass is 16.5. The first-order valence-electron chi connectivity index (χ1n) is 6.32. The zero-order valence-corrected chi connectivity index (χ0v) is 9.99. The second-order valence-corrected chi connectivity index (χ2v) is 4.61. The number of ether oxygens (including phenoxy) is 1. The van der Waals surface area contributed by atoms with Crippen molar-refractivity contribution in [3.8, 4) is 5.75 Å². The van der Waals surface area contributed by atoms with Crippen LogP contribution in [0.1, 0.15) is 50.6 Å². The summed E-state index contributed by atoms with van der Waals surface area (Å²) in [5, 5.41) is 0. The molecule has 88 valence electrons. The predicted molar refractivity (Wildman–Crippen MR) is 66.5 cm³/mol. The molecule has 0 aliphatic heterocycles. The van der Waals surface area contributed by atoms with Crippen LogP contribution >= 0.6 is 0 Å². The topological polar surface area (TPSA) is 35.2 Å². The van der Waals surface area contributed by atoms with E-state index in [0.29, 0.717) is 6.10 Å². The van der Waals surface area contributed by atoms with E-state index in [1.165, 1.54) is 31.2 Å². The maximum atomic E-state index is 5.97. The first-order valence-corrected chi connectivity index (χ1v) is 6.32. The average Bonchev–Trinajstić information content (AvgIpc) is 2.82. The van der Waals surface area contributed by atoms with E-state index < -0.39 is 0 Å². The van der Waals surface area contributed by atoms with Gasteiger partial charge < -0.3 is 10.5 Å². The van der Waals surface area contributed by atoms with Gasteiger partial charge in [0.15, 0.2) is 0 Å². The van der Waals surface area contributed by atoms with Crippen molar-refractivity contribution in [2.75, 3.05) is 0 Å². The van der Waals surface area contributed by atoms with Crippen LogP contribution in [0, 0.1) is 0 Å². The van der Waals surface area contributed by atoms with Crippen molar-refractivity contribution in [3.63, 3.8) is 0 Å². The smallest absolute Gasteiger partial charge is 0.119 e. The van der Waals surface area contributed by atoms with Crippen molar-refractivity contribution in [2.45, 2.75) is 51.2 Å². The lowest BCUT2D eigenvalue weighted by Gasteiger charge is -2.14. The molecule has 0 amide bonds. The molecule has 1 aliphatic carbocycles. The minimum atomic E-state index is 0.153. The number of benzene rings is 1. The highest BCUT2D eigenvalue weighted by Crippen LogP contribution is 2.25. The highest BCUT2D eigenvalue weighted by Gasteiger charge is 2.16. The Hall–Kier alpha value is -1.02. The standard InChI is InChI=1S/C14H21NO/c1-2-14(15)11-7-9-13(10-8-11)16-12-5-3-4-6-12/h7-10,12,14H,2-6,15H2,1H3. The summed E-state index contributed by atoms with van der Waals surface area (Å²) >= 11 is 0. The van der Waals surface area contributed by atoms with Gasteiger partial charge in [-0.2, -0.15) is 0 Å². The number of hydrogen-bond donors (Lipinski definition) is 1. The Labute approximate surface area is 97.8 Å². The molecule has 0 bridgehead atoms. The Morgan fingerprint density at radius 2 is 1.88 bits per heavy atom. The van der Waals surface area contributed by atoms with E-state index in [-0.39, 0.29) is 6.04 Å². The van der Waals surface area contributed by atoms with Gasteiger partial charge in [0.25, 0.3) is 0 Å². The Kier molecular flexibility index (Phi) is 3.83. The minimum absolute atomic E-state index is 0.153. The van der Waals surface area contributed by atoms with Crippen molar-refractivity contribution >= 4 is 0 Å². The van der Waals surface area contributed by atoms with Gasteiger partial charge in [0.1, 0.15) is 5.75 Å². The molecule has 1 saturated carbocycles. The molecule has 16 heavy (non-hydrogen) atoms. The van der Waals surface area contributed by atoms with Gasteiger partial charge in [-0.05, 0) is 49.8 Å². The molecule has 0 radical (unpaired) electrons. The van der Waals surface area contributed by atoms with Crippen LogP contribution < -0.4 is 10.5 Å². The second-order valence-electron chi connectivity index (χ2n) is 4.61. The van der Waals surface area contributed by atoms with Crippen LogP contribution in [0.2, 0.25) is 0 Å². The summed E-state index contributed by atoms with van der Waals surface area (Å²) in [6.07, 6.45) is 6.44. The van der Waals surface area contributed by atoms with Crippen molar-refractivity contribution in [2.24, 2.45) is 5.73 Å². The Bertz CT molecular complexity index is 314. The molecule has 2 rings (SSSR count). The molecule has 2 heteroatoms. The van der Waals surface area contributed by atoms with Crippen LogP contribution in [0.3, 0.4) is 0 Å². The van der Waals surface area contributed by atoms with Gasteiger partial charge in [-0.15, -0.1) is 0 Å². The maximum Gasteiger partial charge on any atom is 0.119 e. The first-order chi connectivity index (χ1) is 7.79. The quantitative estimate of drug-likeness (QED) is 0.842. The molecule has 1 unspecified atom stereocenters. The SMILES string of the molecule is CCC(N)c1ccc(OC2CCCC2)cc1. The third-order valence-corrected chi connectivity index (χ3v) is 3.35. The lowest BCUT2D eigenvalue weighted by atomic mass is 10.1. The van der Waals surface area contributed by atoms with Gasteiger partial charge in [-0.25, -0.2) is 0 Å². The van der Waals surface area contributed by atoms with E-state index >= 15 is 0 Å². The summed E-state index contributed by atoms with van der Waals surface area (Å²) in [5.74, 6) is 0.985. The minimum Gasteiger partial charge on any atom is -0.490 e. The van der Waals surface area contributed by atoms with Crippen LogP contribution in [0.4, 0.5) is 0 Å². The second kappa shape index (κ2) is 5.35. The predicted octanol–water partition coefficient (Wildman–Crippen LogP) is 3.42. The molecule has 1 fully saturated rings. The molecular weight excluding hydrogens is 198 g/mol. The van der Waals surface area contributed by atoms with Crippen LogP contribution in [-0.2, 0) is 0 Å². The van der Waals surface area contributed by atoms with Crippen LogP contribution in [-0.4, -0.2) is 6.10 Å². The monoisotopic (exact) mass is 219 g/mol. The van der Waals surface area contributed by atoms with Gasteiger partial charge in [0.2, 0.25) is 0 Å². The van der Waals surface area contributed by atoms with Gasteiger partial charge in [-0.3, -0.25) is 0 Å². The van der Waals surface area contributed by atoms with Crippen molar-refractivity contribution in [3.05, 3.63) is 29.8 Å². The molecule has 2 N–H and O–H groups in total. The normalized spacial score (nSPS) is 18.6. The van der Waals surface area contributed by atoms with Gasteiger partial charge in [0.05, 0.1) is 6.10 Å². The summed E-state index contributed by atoms with van der Waals surface area (Å²) in [6, 6.07) is 8.41. The number of nitrogens with two attached hydrogens (primary N) is 1. The summed E-state index contributed by atoms with van der Waals surface area (Å²) in [4.78, 5) is 0. The van der Waals surface area contributed by atoms with Crippen LogP contribution in [0.15, 0.2) is 24.3 Å². The van der Waals surface area contributed by atoms with E-state index in [0.717, 1.165) is 12.2 Å². The summed E-state index contributed by atoms with van der Waals surface area (Å²) in [7, 11) is 0. The largest absolute Gasteiger partial charge is 0.490 e. The molecular formula is C14H21NO. The van der Waals surface area contributed by atoms with Crippen LogP contribution in [0.5, 0.6) is 5.75 Å². The summed E-state index contributed by atoms with van der Waals surface area (Å²) in [6.45, 7) is 2.10. The van der Waals surface area contributed by atoms with Gasteiger partial charge in [-0.1, -0.05) is 19.1 Å². The van der Waals surface area contributed by atoms with E-state index in [9.17, 15) is 0 Å². The van der Waals surface area contributed by atoms with E-state index in [4.69, 9.17) is 10.5 Å². The first kappa shape index (κ1) is 11.5. The summed E-state index contributed by atoms with van der Waals surface area (Å²) in [5.41, 5.74) is 7.16. The van der Waals surface area contributed by atoms with E-state index in [1.54, 1.807) is 0 Å². The third kappa shape index (κ3) is 2.76. The van der Waals surface area contributed by atoms with Gasteiger partial charge in [0, 0.05) is 6.04 Å². The fourth-order valence-electron chi connectivity index (χ4n) is 2.23. The Balaban J connectivity index is 1.96. The lowest BCUT2D eigenvalue weighted by molar-refractivity contribution is 0.210. The third-order valence-electron chi connectivity index (χ3n) is 3.35. The highest BCUT2D eigenvalue weighted by molar-refractivity contribution is 5.29. The van der Waals surface area contributed by atoms with Crippen molar-refractivity contribution in [1.82, 2.24) is 0 Å². The molecule has 1 aromatic carbocycles. The number of rotatable bonds is 4. The average molecular weight is 219 g/mol. The van der Waals surface area contributed by atoms with Crippen molar-refractivity contribution in [1.29, 1.82) is 0 Å². The molecule has 0 heterocycles. The molecule has 2 nitrogen and oxygen atoms in total. The van der Waals surface area contributed by atoms with E-state index in [2.05, 4.69) is 19.1 Å². The zero-order valence-electron chi connectivity index (χ0n) is 9.99. The molecule has 0 spiro atoms. The van der Waals surface area contributed by atoms with Gasteiger partial charge >= 0.3 is 0 Å². The number of hydrogen-bond acceptors (Lipinski definition) is 2.